The van der Waals surface area contributed by atoms with Gasteiger partial charge in [0.1, 0.15) is 6.61 Å². The second-order valence-corrected chi connectivity index (χ2v) is 13.6. The first-order valence-corrected chi connectivity index (χ1v) is 12.7. The number of amides is 1. The molecule has 2 aromatic rings. The van der Waals surface area contributed by atoms with Crippen molar-refractivity contribution in [3.05, 3.63) is 70.7 Å². The van der Waals surface area contributed by atoms with E-state index in [9.17, 15) is 4.79 Å². The third-order valence-electron chi connectivity index (χ3n) is 5.19. The summed E-state index contributed by atoms with van der Waals surface area (Å²) in [6, 6.07) is 16.7. The standard InChI is InChI=1S/C22H30ClNO3Si/c1-22(2,3)28(4,5)27-16-20(18-11-13-19(23)14-12-18)24-21(25)26-15-17-9-7-6-8-10-17/h6-14,20H,15-16H2,1-5H3,(H,24,25)/t20-/m0/s1. The molecule has 0 spiro atoms. The van der Waals surface area contributed by atoms with Crippen LogP contribution in [0.25, 0.3) is 0 Å². The van der Waals surface area contributed by atoms with Gasteiger partial charge in [0.05, 0.1) is 12.6 Å². The summed E-state index contributed by atoms with van der Waals surface area (Å²) in [4.78, 5) is 12.4. The van der Waals surface area contributed by atoms with Crippen LogP contribution >= 0.6 is 11.6 Å². The number of benzene rings is 2. The van der Waals surface area contributed by atoms with Gasteiger partial charge in [0.15, 0.2) is 8.32 Å². The Morgan fingerprint density at radius 2 is 1.68 bits per heavy atom. The normalized spacial score (nSPS) is 13.1. The first-order chi connectivity index (χ1) is 13.1. The molecule has 1 N–H and O–H groups in total. The number of rotatable bonds is 7. The van der Waals surface area contributed by atoms with Gasteiger partial charge in [0.25, 0.3) is 0 Å². The lowest BCUT2D eigenvalue weighted by atomic mass is 10.1. The molecule has 0 fully saturated rings. The quantitative estimate of drug-likeness (QED) is 0.533. The molecule has 4 nitrogen and oxygen atoms in total. The Balaban J connectivity index is 2.05. The Kier molecular flexibility index (Phi) is 7.69. The number of nitrogens with one attached hydrogen (secondary N) is 1. The lowest BCUT2D eigenvalue weighted by molar-refractivity contribution is 0.130. The maximum Gasteiger partial charge on any atom is 0.408 e. The minimum absolute atomic E-state index is 0.0887. The molecule has 0 bridgehead atoms. The van der Waals surface area contributed by atoms with Crippen LogP contribution in [0.5, 0.6) is 0 Å². The van der Waals surface area contributed by atoms with Crippen molar-refractivity contribution in [1.82, 2.24) is 5.32 Å². The fourth-order valence-electron chi connectivity index (χ4n) is 2.33. The van der Waals surface area contributed by atoms with E-state index in [0.29, 0.717) is 11.6 Å². The van der Waals surface area contributed by atoms with Crippen molar-refractivity contribution in [1.29, 1.82) is 0 Å². The lowest BCUT2D eigenvalue weighted by Gasteiger charge is -2.37. The largest absolute Gasteiger partial charge is 0.445 e. The molecule has 0 heterocycles. The highest BCUT2D eigenvalue weighted by atomic mass is 35.5. The molecule has 0 saturated carbocycles. The van der Waals surface area contributed by atoms with E-state index < -0.39 is 14.4 Å². The average molecular weight is 420 g/mol. The van der Waals surface area contributed by atoms with E-state index in [4.69, 9.17) is 20.8 Å². The highest BCUT2D eigenvalue weighted by Gasteiger charge is 2.37. The van der Waals surface area contributed by atoms with Gasteiger partial charge in [0, 0.05) is 5.02 Å². The fourth-order valence-corrected chi connectivity index (χ4v) is 3.47. The van der Waals surface area contributed by atoms with Crippen LogP contribution in [-0.2, 0) is 15.8 Å². The van der Waals surface area contributed by atoms with E-state index in [1.165, 1.54) is 0 Å². The average Bonchev–Trinajstić information content (AvgIpc) is 2.64. The molecule has 0 aliphatic rings. The minimum atomic E-state index is -1.95. The number of carbonyl (C=O) groups excluding carboxylic acids is 1. The van der Waals surface area contributed by atoms with Crippen molar-refractivity contribution in [2.24, 2.45) is 0 Å². The fraction of sp³-hybridized carbons (Fsp3) is 0.409. The molecule has 6 heteroatoms. The zero-order valence-electron chi connectivity index (χ0n) is 17.3. The summed E-state index contributed by atoms with van der Waals surface area (Å²) in [5.74, 6) is 0. The SMILES string of the molecule is CC(C)(C)[Si](C)(C)OC[C@H](NC(=O)OCc1ccccc1)c1ccc(Cl)cc1. The maximum absolute atomic E-state index is 12.4. The summed E-state index contributed by atoms with van der Waals surface area (Å²) in [7, 11) is -1.95. The Hall–Kier alpha value is -1.82. The molecule has 0 saturated heterocycles. The second kappa shape index (κ2) is 9.59. The Labute approximate surface area is 174 Å². The van der Waals surface area contributed by atoms with Gasteiger partial charge < -0.3 is 14.5 Å². The summed E-state index contributed by atoms with van der Waals surface area (Å²) in [6.45, 7) is 11.6. The van der Waals surface area contributed by atoms with E-state index in [1.807, 2.05) is 54.6 Å². The van der Waals surface area contributed by atoms with Crippen molar-refractivity contribution < 1.29 is 14.0 Å². The number of hydrogen-bond donors (Lipinski definition) is 1. The summed E-state index contributed by atoms with van der Waals surface area (Å²) in [5, 5.41) is 3.68. The predicted octanol–water partition coefficient (Wildman–Crippen LogP) is 6.33. The molecule has 2 aromatic carbocycles. The van der Waals surface area contributed by atoms with E-state index in [2.05, 4.69) is 39.2 Å². The van der Waals surface area contributed by atoms with E-state index in [1.54, 1.807) is 0 Å². The molecule has 0 aromatic heterocycles. The highest BCUT2D eigenvalue weighted by Crippen LogP contribution is 2.37. The third kappa shape index (κ3) is 6.65. The van der Waals surface area contributed by atoms with Crippen LogP contribution in [0, 0.1) is 0 Å². The number of ether oxygens (including phenoxy) is 1. The van der Waals surface area contributed by atoms with Crippen LogP contribution in [0.4, 0.5) is 4.79 Å². The van der Waals surface area contributed by atoms with Gasteiger partial charge in [-0.1, -0.05) is 74.8 Å². The van der Waals surface area contributed by atoms with Crippen molar-refractivity contribution >= 4 is 26.0 Å². The molecule has 2 rings (SSSR count). The van der Waals surface area contributed by atoms with Crippen LogP contribution in [0.1, 0.15) is 37.9 Å². The Morgan fingerprint density at radius 3 is 2.25 bits per heavy atom. The van der Waals surface area contributed by atoms with Gasteiger partial charge in [-0.15, -0.1) is 0 Å². The number of hydrogen-bond acceptors (Lipinski definition) is 3. The molecule has 1 atom stereocenters. The number of halogens is 1. The van der Waals surface area contributed by atoms with Gasteiger partial charge in [-0.05, 0) is 41.4 Å². The number of alkyl carbamates (subject to hydrolysis) is 1. The van der Waals surface area contributed by atoms with E-state index >= 15 is 0 Å². The maximum atomic E-state index is 12.4. The van der Waals surface area contributed by atoms with Crippen molar-refractivity contribution in [2.45, 2.75) is 51.6 Å². The van der Waals surface area contributed by atoms with Gasteiger partial charge >= 0.3 is 6.09 Å². The summed E-state index contributed by atoms with van der Waals surface area (Å²) >= 11 is 6.01. The molecule has 0 aliphatic heterocycles. The van der Waals surface area contributed by atoms with E-state index in [0.717, 1.165) is 11.1 Å². The monoisotopic (exact) mass is 419 g/mol. The molecular formula is C22H30ClNO3Si. The molecule has 0 unspecified atom stereocenters. The summed E-state index contributed by atoms with van der Waals surface area (Å²) in [6.07, 6.45) is -0.470. The topological polar surface area (TPSA) is 47.6 Å². The molecule has 152 valence electrons. The van der Waals surface area contributed by atoms with Crippen LogP contribution in [0.3, 0.4) is 0 Å². The lowest BCUT2D eigenvalue weighted by Crippen LogP contribution is -2.43. The smallest absolute Gasteiger partial charge is 0.408 e. The molecule has 1 amide bonds. The van der Waals surface area contributed by atoms with Crippen molar-refractivity contribution in [2.75, 3.05) is 6.61 Å². The zero-order chi connectivity index (χ0) is 20.8. The second-order valence-electron chi connectivity index (χ2n) is 8.38. The summed E-state index contributed by atoms with van der Waals surface area (Å²) in [5.41, 5.74) is 1.87. The predicted molar refractivity (Wildman–Crippen MR) is 117 cm³/mol. The van der Waals surface area contributed by atoms with Crippen LogP contribution in [0.2, 0.25) is 23.2 Å². The first kappa shape index (κ1) is 22.5. The van der Waals surface area contributed by atoms with Gasteiger partial charge in [-0.3, -0.25) is 0 Å². The Bertz CT molecular complexity index is 758. The van der Waals surface area contributed by atoms with Crippen molar-refractivity contribution in [3.8, 4) is 0 Å². The van der Waals surface area contributed by atoms with Gasteiger partial charge in [-0.25, -0.2) is 4.79 Å². The molecule has 0 aliphatic carbocycles. The highest BCUT2D eigenvalue weighted by molar-refractivity contribution is 6.74. The van der Waals surface area contributed by atoms with Gasteiger partial charge in [0.2, 0.25) is 0 Å². The van der Waals surface area contributed by atoms with Crippen LogP contribution in [0.15, 0.2) is 54.6 Å². The van der Waals surface area contributed by atoms with Crippen LogP contribution < -0.4 is 5.32 Å². The zero-order valence-corrected chi connectivity index (χ0v) is 19.0. The van der Waals surface area contributed by atoms with E-state index in [-0.39, 0.29) is 17.7 Å². The molecular weight excluding hydrogens is 390 g/mol. The third-order valence-corrected chi connectivity index (χ3v) is 9.95. The molecule has 28 heavy (non-hydrogen) atoms. The minimum Gasteiger partial charge on any atom is -0.445 e. The van der Waals surface area contributed by atoms with Gasteiger partial charge in [-0.2, -0.15) is 0 Å². The first-order valence-electron chi connectivity index (χ1n) is 9.45. The van der Waals surface area contributed by atoms with Crippen molar-refractivity contribution in [3.63, 3.8) is 0 Å². The number of carbonyl (C=O) groups is 1. The molecule has 0 radical (unpaired) electrons. The van der Waals surface area contributed by atoms with Crippen LogP contribution in [-0.4, -0.2) is 21.0 Å². The summed E-state index contributed by atoms with van der Waals surface area (Å²) < 4.78 is 11.7. The Morgan fingerprint density at radius 1 is 1.07 bits per heavy atom.